The van der Waals surface area contributed by atoms with Gasteiger partial charge in [-0.1, -0.05) is 18.2 Å². The van der Waals surface area contributed by atoms with E-state index in [0.29, 0.717) is 0 Å². The molecule has 4 unspecified atom stereocenters. The van der Waals surface area contributed by atoms with Gasteiger partial charge in [0.05, 0.1) is 12.5 Å². The highest BCUT2D eigenvalue weighted by Gasteiger charge is 2.31. The van der Waals surface area contributed by atoms with Gasteiger partial charge < -0.3 is 48.3 Å². The summed E-state index contributed by atoms with van der Waals surface area (Å²) in [5.41, 5.74) is 18.1. The second-order valence-corrected chi connectivity index (χ2v) is 9.29. The number of H-pyrrole nitrogens is 1. The van der Waals surface area contributed by atoms with Gasteiger partial charge in [-0.3, -0.25) is 24.2 Å². The number of aromatic amines is 1. The van der Waals surface area contributed by atoms with Crippen LogP contribution in [0.4, 0.5) is 0 Å². The van der Waals surface area contributed by atoms with Crippen molar-refractivity contribution >= 4 is 59.2 Å². The zero-order chi connectivity index (χ0) is 29.8. The van der Waals surface area contributed by atoms with Gasteiger partial charge in [0.2, 0.25) is 17.7 Å². The van der Waals surface area contributed by atoms with E-state index in [-0.39, 0.29) is 37.5 Å². The molecule has 218 valence electrons. The van der Waals surface area contributed by atoms with Crippen molar-refractivity contribution in [1.82, 2.24) is 20.9 Å². The number of benzene rings is 1. The van der Waals surface area contributed by atoms with Gasteiger partial charge in [0.1, 0.15) is 18.1 Å². The quantitative estimate of drug-likeness (QED) is 0.0454. The van der Waals surface area contributed by atoms with Gasteiger partial charge in [-0.05, 0) is 30.9 Å². The molecule has 3 amide bonds. The van der Waals surface area contributed by atoms with Crippen LogP contribution in [0.3, 0.4) is 0 Å². The Bertz CT molecular complexity index is 1250. The third-order valence-electron chi connectivity index (χ3n) is 5.84. The number of carboxylic acid groups (broad SMARTS) is 2. The van der Waals surface area contributed by atoms with Gasteiger partial charge in [0.15, 0.2) is 5.96 Å². The van der Waals surface area contributed by atoms with Crippen molar-refractivity contribution in [2.75, 3.05) is 12.3 Å². The molecule has 0 aliphatic rings. The minimum atomic E-state index is -1.57. The van der Waals surface area contributed by atoms with Crippen LogP contribution in [0.2, 0.25) is 0 Å². The largest absolute Gasteiger partial charge is 0.481 e. The summed E-state index contributed by atoms with van der Waals surface area (Å²) < 4.78 is 0. The number of guanidine groups is 1. The molecule has 2 aromatic rings. The molecule has 0 fully saturated rings. The smallest absolute Gasteiger partial charge is 0.326 e. The van der Waals surface area contributed by atoms with Crippen molar-refractivity contribution in [2.24, 2.45) is 22.2 Å². The molecule has 0 radical (unpaired) electrons. The molecule has 16 heteroatoms. The predicted octanol–water partition coefficient (Wildman–Crippen LogP) is -1.97. The summed E-state index contributed by atoms with van der Waals surface area (Å²) in [5.74, 6) is -5.73. The molecule has 0 saturated heterocycles. The fourth-order valence-corrected chi connectivity index (χ4v) is 4.05. The van der Waals surface area contributed by atoms with Gasteiger partial charge in [-0.2, -0.15) is 12.6 Å². The van der Waals surface area contributed by atoms with Crippen LogP contribution in [-0.2, 0) is 30.4 Å². The van der Waals surface area contributed by atoms with Crippen LogP contribution in [0, 0.1) is 0 Å². The maximum Gasteiger partial charge on any atom is 0.326 e. The summed E-state index contributed by atoms with van der Waals surface area (Å²) in [6, 6.07) is 2.08. The Morgan fingerprint density at radius 3 is 2.20 bits per heavy atom. The first-order valence-corrected chi connectivity index (χ1v) is 12.9. The predicted molar refractivity (Wildman–Crippen MR) is 149 cm³/mol. The Labute approximate surface area is 234 Å². The molecule has 0 spiro atoms. The third kappa shape index (κ3) is 9.77. The van der Waals surface area contributed by atoms with Gasteiger partial charge in [0, 0.05) is 29.4 Å². The Kier molecular flexibility index (Phi) is 12.2. The van der Waals surface area contributed by atoms with Crippen LogP contribution in [0.5, 0.6) is 0 Å². The molecular formula is C24H34N8O7S. The molecule has 4 atom stereocenters. The summed E-state index contributed by atoms with van der Waals surface area (Å²) in [6.07, 6.45) is 1.27. The number of para-hydroxylation sites is 1. The fourth-order valence-electron chi connectivity index (χ4n) is 3.79. The number of carbonyl (C=O) groups is 5. The highest BCUT2D eigenvalue weighted by molar-refractivity contribution is 7.80. The standard InChI is InChI=1S/C24H34N8O7S/c25-14(8-12-10-29-15-5-2-1-4-13(12)15)20(35)31-17(9-19(33)34)21(36)32-18(11-40)22(37)30-16(23(38)39)6-3-7-28-24(26)27/h1-2,4-5,10,14,16-18,29,40H,3,6-9,11,25H2,(H,30,37)(H,31,35)(H,32,36)(H,33,34)(H,38,39)(H4,26,27,28). The topological polar surface area (TPSA) is 268 Å². The van der Waals surface area contributed by atoms with E-state index in [9.17, 15) is 34.2 Å². The zero-order valence-electron chi connectivity index (χ0n) is 21.5. The lowest BCUT2D eigenvalue weighted by molar-refractivity contribution is -0.143. The molecule has 1 aromatic carbocycles. The van der Waals surface area contributed by atoms with E-state index in [1.807, 2.05) is 24.3 Å². The van der Waals surface area contributed by atoms with Gasteiger partial charge in [0.25, 0.3) is 0 Å². The molecule has 0 saturated carbocycles. The average Bonchev–Trinajstić information content (AvgIpc) is 3.30. The molecule has 15 nitrogen and oxygen atoms in total. The number of aliphatic imine (C=N–C) groups is 1. The second-order valence-electron chi connectivity index (χ2n) is 8.92. The first-order chi connectivity index (χ1) is 18.9. The summed E-state index contributed by atoms with van der Waals surface area (Å²) in [6.45, 7) is 0.147. The first kappa shape index (κ1) is 31.9. The van der Waals surface area contributed by atoms with E-state index in [1.165, 1.54) is 0 Å². The Balaban J connectivity index is 2.03. The van der Waals surface area contributed by atoms with Crippen LogP contribution >= 0.6 is 12.6 Å². The van der Waals surface area contributed by atoms with Crippen LogP contribution in [-0.4, -0.2) is 87.3 Å². The van der Waals surface area contributed by atoms with Crippen molar-refractivity contribution in [3.8, 4) is 0 Å². The number of aliphatic carboxylic acids is 2. The van der Waals surface area contributed by atoms with Crippen LogP contribution in [0.15, 0.2) is 35.5 Å². The number of rotatable bonds is 16. The summed E-state index contributed by atoms with van der Waals surface area (Å²) in [5, 5.41) is 26.5. The Hall–Kier alpha value is -4.31. The number of fused-ring (bicyclic) bond motifs is 1. The maximum absolute atomic E-state index is 12.9. The number of hydrogen-bond acceptors (Lipinski definition) is 8. The molecule has 40 heavy (non-hydrogen) atoms. The van der Waals surface area contributed by atoms with Crippen molar-refractivity contribution in [3.05, 3.63) is 36.0 Å². The second kappa shape index (κ2) is 15.3. The van der Waals surface area contributed by atoms with Crippen molar-refractivity contribution in [1.29, 1.82) is 0 Å². The fraction of sp³-hybridized carbons (Fsp3) is 0.417. The van der Waals surface area contributed by atoms with Crippen LogP contribution < -0.4 is 33.2 Å². The summed E-state index contributed by atoms with van der Waals surface area (Å²) in [4.78, 5) is 68.1. The number of hydrogen-bond donors (Lipinski definition) is 10. The number of thiol groups is 1. The monoisotopic (exact) mass is 578 g/mol. The first-order valence-electron chi connectivity index (χ1n) is 12.3. The van der Waals surface area contributed by atoms with Gasteiger partial charge in [-0.15, -0.1) is 0 Å². The number of amides is 3. The van der Waals surface area contributed by atoms with Crippen molar-refractivity contribution < 1.29 is 34.2 Å². The minimum Gasteiger partial charge on any atom is -0.481 e. The highest BCUT2D eigenvalue weighted by Crippen LogP contribution is 2.18. The average molecular weight is 579 g/mol. The van der Waals surface area contributed by atoms with E-state index in [2.05, 4.69) is 38.6 Å². The minimum absolute atomic E-state index is 0.00287. The van der Waals surface area contributed by atoms with E-state index in [4.69, 9.17) is 17.2 Å². The Morgan fingerprint density at radius 1 is 0.950 bits per heavy atom. The number of nitrogens with zero attached hydrogens (tertiary/aromatic N) is 1. The number of nitrogens with two attached hydrogens (primary N) is 3. The number of nitrogens with one attached hydrogen (secondary N) is 4. The van der Waals surface area contributed by atoms with Crippen molar-refractivity contribution in [3.63, 3.8) is 0 Å². The summed E-state index contributed by atoms with van der Waals surface area (Å²) in [7, 11) is 0. The number of carbonyl (C=O) groups excluding carboxylic acids is 3. The van der Waals surface area contributed by atoms with Crippen LogP contribution in [0.1, 0.15) is 24.8 Å². The van der Waals surface area contributed by atoms with Gasteiger partial charge in [-0.25, -0.2) is 4.79 Å². The molecule has 0 bridgehead atoms. The molecule has 2 rings (SSSR count). The molecular weight excluding hydrogens is 544 g/mol. The molecule has 0 aliphatic heterocycles. The lowest BCUT2D eigenvalue weighted by atomic mass is 10.0. The Morgan fingerprint density at radius 2 is 1.57 bits per heavy atom. The maximum atomic E-state index is 12.9. The lowest BCUT2D eigenvalue weighted by Crippen LogP contribution is -2.58. The molecule has 0 aliphatic carbocycles. The van der Waals surface area contributed by atoms with E-state index in [0.717, 1.165) is 16.5 Å². The highest BCUT2D eigenvalue weighted by atomic mass is 32.1. The lowest BCUT2D eigenvalue weighted by Gasteiger charge is -2.23. The number of aromatic nitrogens is 1. The van der Waals surface area contributed by atoms with Crippen LogP contribution in [0.25, 0.3) is 10.9 Å². The zero-order valence-corrected chi connectivity index (χ0v) is 22.4. The normalized spacial score (nSPS) is 13.8. The molecule has 1 aromatic heterocycles. The van der Waals surface area contributed by atoms with Gasteiger partial charge >= 0.3 is 11.9 Å². The molecule has 1 heterocycles. The molecule has 12 N–H and O–H groups in total. The van der Waals surface area contributed by atoms with E-state index in [1.54, 1.807) is 6.20 Å². The van der Waals surface area contributed by atoms with E-state index < -0.39 is 60.2 Å². The SMILES string of the molecule is NC(N)=NCCCC(NC(=O)C(CS)NC(=O)C(CC(=O)O)NC(=O)C(N)Cc1c[nH]c2ccccc12)C(=O)O. The third-order valence-corrected chi connectivity index (χ3v) is 6.20. The summed E-state index contributed by atoms with van der Waals surface area (Å²) >= 11 is 4.04. The number of carboxylic acids is 2. The van der Waals surface area contributed by atoms with E-state index >= 15 is 0 Å². The van der Waals surface area contributed by atoms with Crippen molar-refractivity contribution in [2.45, 2.75) is 49.9 Å².